The smallest absolute Gasteiger partial charge is 0.280 e. The number of non-ortho nitro benzene ring substituents is 1. The molecule has 0 bridgehead atoms. The standard InChI is InChI=1S/C20H20N4O4/c1-4-28-18-11-5-15(6-12-18)21-13(2)19-14(3)22-23(20(19)25)16-7-9-17(10-8-16)24(26)27/h5-12,22H,4H2,1-3H3. The zero-order chi connectivity index (χ0) is 20.3. The van der Waals surface area contributed by atoms with Gasteiger partial charge in [0.05, 0.1) is 34.2 Å². The maximum absolute atomic E-state index is 12.9. The third-order valence-corrected chi connectivity index (χ3v) is 4.20. The van der Waals surface area contributed by atoms with Gasteiger partial charge in [-0.1, -0.05) is 0 Å². The molecule has 0 amide bonds. The predicted molar refractivity (Wildman–Crippen MR) is 107 cm³/mol. The highest BCUT2D eigenvalue weighted by Gasteiger charge is 2.16. The van der Waals surface area contributed by atoms with E-state index in [2.05, 4.69) is 10.1 Å². The molecule has 0 atom stereocenters. The van der Waals surface area contributed by atoms with Crippen LogP contribution in [0.25, 0.3) is 5.69 Å². The van der Waals surface area contributed by atoms with Crippen molar-refractivity contribution >= 4 is 17.1 Å². The minimum absolute atomic E-state index is 0.0338. The molecule has 0 saturated carbocycles. The molecule has 28 heavy (non-hydrogen) atoms. The number of ether oxygens (including phenoxy) is 1. The van der Waals surface area contributed by atoms with Gasteiger partial charge in [0.25, 0.3) is 11.2 Å². The zero-order valence-corrected chi connectivity index (χ0v) is 15.8. The normalized spacial score (nSPS) is 11.5. The summed E-state index contributed by atoms with van der Waals surface area (Å²) < 4.78 is 6.77. The summed E-state index contributed by atoms with van der Waals surface area (Å²) >= 11 is 0. The summed E-state index contributed by atoms with van der Waals surface area (Å²) in [5, 5.41) is 13.8. The second-order valence-corrected chi connectivity index (χ2v) is 6.15. The van der Waals surface area contributed by atoms with E-state index in [-0.39, 0.29) is 11.2 Å². The summed E-state index contributed by atoms with van der Waals surface area (Å²) in [6, 6.07) is 13.1. The Morgan fingerprint density at radius 3 is 2.39 bits per heavy atom. The van der Waals surface area contributed by atoms with Crippen molar-refractivity contribution < 1.29 is 9.66 Å². The number of hydrogen-bond acceptors (Lipinski definition) is 5. The minimum Gasteiger partial charge on any atom is -0.494 e. The molecular formula is C20H20N4O4. The highest BCUT2D eigenvalue weighted by molar-refractivity contribution is 6.01. The summed E-state index contributed by atoms with van der Waals surface area (Å²) in [4.78, 5) is 27.7. The van der Waals surface area contributed by atoms with Crippen LogP contribution in [0.4, 0.5) is 11.4 Å². The van der Waals surface area contributed by atoms with Crippen LogP contribution in [0, 0.1) is 17.0 Å². The largest absolute Gasteiger partial charge is 0.494 e. The minimum atomic E-state index is -0.481. The molecular weight excluding hydrogens is 360 g/mol. The first-order chi connectivity index (χ1) is 13.4. The van der Waals surface area contributed by atoms with Gasteiger partial charge in [0, 0.05) is 17.8 Å². The average Bonchev–Trinajstić information content (AvgIpc) is 2.98. The van der Waals surface area contributed by atoms with Gasteiger partial charge in [-0.05, 0) is 57.2 Å². The Kier molecular flexibility index (Phi) is 5.39. The van der Waals surface area contributed by atoms with E-state index in [1.165, 1.54) is 28.9 Å². The molecule has 3 aromatic rings. The number of nitro benzene ring substituents is 1. The lowest BCUT2D eigenvalue weighted by atomic mass is 10.1. The van der Waals surface area contributed by atoms with Crippen molar-refractivity contribution in [1.29, 1.82) is 0 Å². The van der Waals surface area contributed by atoms with Crippen molar-refractivity contribution in [2.75, 3.05) is 6.61 Å². The fourth-order valence-electron chi connectivity index (χ4n) is 2.91. The van der Waals surface area contributed by atoms with E-state index in [0.29, 0.717) is 35.0 Å². The Morgan fingerprint density at radius 2 is 1.82 bits per heavy atom. The Bertz CT molecular complexity index is 1080. The first-order valence-electron chi connectivity index (χ1n) is 8.75. The number of aryl methyl sites for hydroxylation is 1. The van der Waals surface area contributed by atoms with Gasteiger partial charge in [0.2, 0.25) is 0 Å². The first kappa shape index (κ1) is 19.1. The molecule has 8 heteroatoms. The topological polar surface area (TPSA) is 103 Å². The second kappa shape index (κ2) is 7.91. The molecule has 1 heterocycles. The van der Waals surface area contributed by atoms with Crippen LogP contribution in [0.15, 0.2) is 58.3 Å². The molecule has 0 aliphatic carbocycles. The number of aromatic amines is 1. The molecule has 0 fully saturated rings. The molecule has 8 nitrogen and oxygen atoms in total. The van der Waals surface area contributed by atoms with Gasteiger partial charge in [-0.3, -0.25) is 25.0 Å². The number of rotatable bonds is 6. The fraction of sp³-hybridized carbons (Fsp3) is 0.200. The number of nitro groups is 1. The molecule has 0 aliphatic heterocycles. The maximum Gasteiger partial charge on any atom is 0.280 e. The summed E-state index contributed by atoms with van der Waals surface area (Å²) in [6.45, 7) is 6.07. The van der Waals surface area contributed by atoms with Gasteiger partial charge < -0.3 is 4.74 Å². The summed E-state index contributed by atoms with van der Waals surface area (Å²) in [5.74, 6) is 0.762. The summed E-state index contributed by atoms with van der Waals surface area (Å²) in [5.41, 5.74) is 2.63. The number of hydrogen-bond donors (Lipinski definition) is 1. The quantitative estimate of drug-likeness (QED) is 0.398. The van der Waals surface area contributed by atoms with Crippen molar-refractivity contribution in [2.45, 2.75) is 20.8 Å². The van der Waals surface area contributed by atoms with E-state index < -0.39 is 4.92 Å². The van der Waals surface area contributed by atoms with Gasteiger partial charge in [-0.15, -0.1) is 0 Å². The van der Waals surface area contributed by atoms with Crippen LogP contribution < -0.4 is 10.3 Å². The van der Waals surface area contributed by atoms with Crippen LogP contribution in [-0.2, 0) is 0 Å². The van der Waals surface area contributed by atoms with Gasteiger partial charge in [-0.2, -0.15) is 0 Å². The lowest BCUT2D eigenvalue weighted by Crippen LogP contribution is -2.19. The van der Waals surface area contributed by atoms with Crippen LogP contribution >= 0.6 is 0 Å². The summed E-state index contributed by atoms with van der Waals surface area (Å²) in [7, 11) is 0. The molecule has 0 radical (unpaired) electrons. The van der Waals surface area contributed by atoms with Crippen molar-refractivity contribution in [3.63, 3.8) is 0 Å². The molecule has 0 aliphatic rings. The number of nitrogens with zero attached hydrogens (tertiary/aromatic N) is 3. The predicted octanol–water partition coefficient (Wildman–Crippen LogP) is 3.92. The van der Waals surface area contributed by atoms with Crippen LogP contribution in [0.1, 0.15) is 25.1 Å². The zero-order valence-electron chi connectivity index (χ0n) is 15.8. The van der Waals surface area contributed by atoms with E-state index in [0.717, 1.165) is 5.75 Å². The number of aromatic nitrogens is 2. The molecule has 144 valence electrons. The van der Waals surface area contributed by atoms with Crippen LogP contribution in [0.2, 0.25) is 0 Å². The van der Waals surface area contributed by atoms with Gasteiger partial charge in [0.1, 0.15) is 5.75 Å². The Labute approximate surface area is 161 Å². The molecule has 1 N–H and O–H groups in total. The number of aliphatic imine (C=N–C) groups is 1. The van der Waals surface area contributed by atoms with Gasteiger partial charge in [0.15, 0.2) is 0 Å². The molecule has 0 spiro atoms. The van der Waals surface area contributed by atoms with Crippen molar-refractivity contribution in [1.82, 2.24) is 9.78 Å². The van der Waals surface area contributed by atoms with Crippen molar-refractivity contribution in [3.05, 3.63) is 80.3 Å². The molecule has 0 unspecified atom stereocenters. The van der Waals surface area contributed by atoms with Gasteiger partial charge in [-0.25, -0.2) is 4.68 Å². The number of nitrogens with one attached hydrogen (secondary N) is 1. The average molecular weight is 380 g/mol. The second-order valence-electron chi connectivity index (χ2n) is 6.15. The molecule has 0 saturated heterocycles. The van der Waals surface area contributed by atoms with E-state index in [1.807, 2.05) is 31.2 Å². The number of benzene rings is 2. The van der Waals surface area contributed by atoms with Crippen LogP contribution in [0.3, 0.4) is 0 Å². The van der Waals surface area contributed by atoms with Crippen LogP contribution in [0.5, 0.6) is 5.75 Å². The first-order valence-corrected chi connectivity index (χ1v) is 8.75. The van der Waals surface area contributed by atoms with Gasteiger partial charge >= 0.3 is 0 Å². The summed E-state index contributed by atoms with van der Waals surface area (Å²) in [6.07, 6.45) is 0. The van der Waals surface area contributed by atoms with E-state index >= 15 is 0 Å². The van der Waals surface area contributed by atoms with Crippen molar-refractivity contribution in [3.8, 4) is 11.4 Å². The third-order valence-electron chi connectivity index (χ3n) is 4.20. The van der Waals surface area contributed by atoms with E-state index in [1.54, 1.807) is 13.8 Å². The maximum atomic E-state index is 12.9. The Morgan fingerprint density at radius 1 is 1.18 bits per heavy atom. The Hall–Kier alpha value is -3.68. The fourth-order valence-corrected chi connectivity index (χ4v) is 2.91. The molecule has 2 aromatic carbocycles. The lowest BCUT2D eigenvalue weighted by molar-refractivity contribution is -0.384. The molecule has 1 aromatic heterocycles. The van der Waals surface area contributed by atoms with E-state index in [4.69, 9.17) is 4.74 Å². The monoisotopic (exact) mass is 380 g/mol. The van der Waals surface area contributed by atoms with Crippen LogP contribution in [-0.4, -0.2) is 27.0 Å². The van der Waals surface area contributed by atoms with E-state index in [9.17, 15) is 14.9 Å². The highest BCUT2D eigenvalue weighted by atomic mass is 16.6. The lowest BCUT2D eigenvalue weighted by Gasteiger charge is -2.03. The Balaban J connectivity index is 1.94. The number of H-pyrrole nitrogens is 1. The highest BCUT2D eigenvalue weighted by Crippen LogP contribution is 2.20. The third kappa shape index (κ3) is 3.85. The molecule has 3 rings (SSSR count). The van der Waals surface area contributed by atoms with Crippen molar-refractivity contribution in [2.24, 2.45) is 4.99 Å². The SMILES string of the molecule is CCOc1ccc(N=C(C)c2c(C)[nH]n(-c3ccc([N+](=O)[O-])cc3)c2=O)cc1.